The van der Waals surface area contributed by atoms with E-state index in [1.54, 1.807) is 35.5 Å². The van der Waals surface area contributed by atoms with Crippen LogP contribution in [0.5, 0.6) is 0 Å². The molecule has 29 heavy (non-hydrogen) atoms. The van der Waals surface area contributed by atoms with Crippen molar-refractivity contribution in [3.63, 3.8) is 0 Å². The monoisotopic (exact) mass is 385 g/mol. The number of rotatable bonds is 5. The Hall–Kier alpha value is -4.41. The summed E-state index contributed by atoms with van der Waals surface area (Å²) in [5.74, 6) is 2.98. The van der Waals surface area contributed by atoms with Gasteiger partial charge in [-0.15, -0.1) is 0 Å². The van der Waals surface area contributed by atoms with Gasteiger partial charge in [-0.25, -0.2) is 24.5 Å². The number of anilines is 4. The fourth-order valence-corrected chi connectivity index (χ4v) is 2.90. The summed E-state index contributed by atoms with van der Waals surface area (Å²) in [6.07, 6.45) is 8.27. The number of hydrogen-bond acceptors (Lipinski definition) is 9. The Kier molecular flexibility index (Phi) is 4.02. The Balaban J connectivity index is 1.63. The van der Waals surface area contributed by atoms with Crippen LogP contribution in [0.15, 0.2) is 55.2 Å². The van der Waals surface area contributed by atoms with Crippen LogP contribution in [0.1, 0.15) is 5.82 Å². The lowest BCUT2D eigenvalue weighted by Gasteiger charge is -2.09. The second-order valence-electron chi connectivity index (χ2n) is 6.09. The van der Waals surface area contributed by atoms with E-state index in [1.807, 2.05) is 31.2 Å². The molecule has 142 valence electrons. The number of aromatic nitrogens is 9. The molecule has 0 atom stereocenters. The molecule has 0 amide bonds. The first kappa shape index (κ1) is 16.7. The highest BCUT2D eigenvalue weighted by molar-refractivity contribution is 5.78. The summed E-state index contributed by atoms with van der Waals surface area (Å²) in [7, 11) is 0. The van der Waals surface area contributed by atoms with Crippen LogP contribution in [0.4, 0.5) is 23.3 Å². The zero-order valence-electron chi connectivity index (χ0n) is 15.3. The Labute approximate surface area is 164 Å². The SMILES string of the molecule is Cc1nc(Nc2cnccn2)cc(-c2c(Nc3cc[nH]n3)nc3cccnn23)n1. The average Bonchev–Trinajstić information content (AvgIpc) is 3.36. The number of nitrogens with zero attached hydrogens (tertiary/aromatic N) is 8. The Bertz CT molecular complexity index is 1260. The third-order valence-corrected chi connectivity index (χ3v) is 4.04. The Morgan fingerprint density at radius 2 is 1.93 bits per heavy atom. The van der Waals surface area contributed by atoms with Gasteiger partial charge in [-0.2, -0.15) is 10.2 Å². The van der Waals surface area contributed by atoms with E-state index in [-0.39, 0.29) is 0 Å². The molecule has 5 heterocycles. The van der Waals surface area contributed by atoms with Crippen LogP contribution in [-0.4, -0.2) is 44.7 Å². The van der Waals surface area contributed by atoms with E-state index in [0.29, 0.717) is 46.1 Å². The first-order chi connectivity index (χ1) is 14.3. The average molecular weight is 385 g/mol. The summed E-state index contributed by atoms with van der Waals surface area (Å²) < 4.78 is 1.73. The molecular weight excluding hydrogens is 370 g/mol. The van der Waals surface area contributed by atoms with Gasteiger partial charge in [0.25, 0.3) is 0 Å². The normalized spacial score (nSPS) is 10.9. The van der Waals surface area contributed by atoms with E-state index >= 15 is 0 Å². The van der Waals surface area contributed by atoms with Crippen molar-refractivity contribution in [2.24, 2.45) is 0 Å². The molecule has 0 aromatic carbocycles. The molecule has 0 aliphatic rings. The molecular formula is C18H15N11. The molecule has 0 unspecified atom stereocenters. The molecule has 5 aromatic rings. The highest BCUT2D eigenvalue weighted by atomic mass is 15.3. The largest absolute Gasteiger partial charge is 0.324 e. The quantitative estimate of drug-likeness (QED) is 0.417. The first-order valence-corrected chi connectivity index (χ1v) is 8.76. The lowest BCUT2D eigenvalue weighted by molar-refractivity contribution is 0.932. The zero-order valence-corrected chi connectivity index (χ0v) is 15.3. The van der Waals surface area contributed by atoms with Crippen molar-refractivity contribution >= 4 is 28.9 Å². The third-order valence-electron chi connectivity index (χ3n) is 4.04. The molecule has 0 bridgehead atoms. The molecule has 5 rings (SSSR count). The lowest BCUT2D eigenvalue weighted by atomic mass is 10.2. The molecule has 0 spiro atoms. The summed E-state index contributed by atoms with van der Waals surface area (Å²) >= 11 is 0. The molecule has 3 N–H and O–H groups in total. The van der Waals surface area contributed by atoms with Crippen molar-refractivity contribution in [3.05, 3.63) is 61.1 Å². The van der Waals surface area contributed by atoms with Crippen molar-refractivity contribution in [2.45, 2.75) is 6.92 Å². The van der Waals surface area contributed by atoms with E-state index in [0.717, 1.165) is 0 Å². The highest BCUT2D eigenvalue weighted by Crippen LogP contribution is 2.30. The summed E-state index contributed by atoms with van der Waals surface area (Å²) in [5.41, 5.74) is 2.02. The van der Waals surface area contributed by atoms with Crippen molar-refractivity contribution < 1.29 is 0 Å². The minimum Gasteiger partial charge on any atom is -0.324 e. The predicted molar refractivity (Wildman–Crippen MR) is 106 cm³/mol. The summed E-state index contributed by atoms with van der Waals surface area (Å²) in [5, 5.41) is 17.7. The third kappa shape index (κ3) is 3.32. The molecule has 11 heteroatoms. The fraction of sp³-hybridized carbons (Fsp3) is 0.0556. The van der Waals surface area contributed by atoms with Gasteiger partial charge < -0.3 is 10.6 Å². The highest BCUT2D eigenvalue weighted by Gasteiger charge is 2.18. The minimum absolute atomic E-state index is 0.583. The molecule has 5 aromatic heterocycles. The van der Waals surface area contributed by atoms with Gasteiger partial charge in [0.15, 0.2) is 17.3 Å². The number of imidazole rings is 1. The van der Waals surface area contributed by atoms with E-state index in [2.05, 4.69) is 50.8 Å². The standard InChI is InChI=1S/C18H15N11/c1-11-23-12(9-14(24-11)25-15-10-19-7-8-20-15)17-18(26-13-4-6-21-28-13)27-16-3-2-5-22-29(16)17/h2-10H,1H3,(H2,21,26,28)(H,20,23,24,25). The molecule has 0 fully saturated rings. The van der Waals surface area contributed by atoms with Crippen molar-refractivity contribution in [3.8, 4) is 11.4 Å². The summed E-state index contributed by atoms with van der Waals surface area (Å²) in [6.45, 7) is 1.82. The van der Waals surface area contributed by atoms with Crippen LogP contribution in [-0.2, 0) is 0 Å². The summed E-state index contributed by atoms with van der Waals surface area (Å²) in [4.78, 5) is 22.0. The van der Waals surface area contributed by atoms with E-state index in [9.17, 15) is 0 Å². The van der Waals surface area contributed by atoms with E-state index < -0.39 is 0 Å². The Morgan fingerprint density at radius 3 is 2.76 bits per heavy atom. The zero-order chi connectivity index (χ0) is 19.6. The number of H-pyrrole nitrogens is 1. The first-order valence-electron chi connectivity index (χ1n) is 8.76. The molecule has 0 radical (unpaired) electrons. The molecule has 0 saturated carbocycles. The summed E-state index contributed by atoms with van der Waals surface area (Å²) in [6, 6.07) is 7.33. The van der Waals surface area contributed by atoms with Crippen molar-refractivity contribution in [1.82, 2.24) is 44.7 Å². The smallest absolute Gasteiger partial charge is 0.162 e. The number of aryl methyl sites for hydroxylation is 1. The fourth-order valence-electron chi connectivity index (χ4n) is 2.90. The van der Waals surface area contributed by atoms with Crippen molar-refractivity contribution in [2.75, 3.05) is 10.6 Å². The van der Waals surface area contributed by atoms with Gasteiger partial charge in [-0.3, -0.25) is 10.1 Å². The van der Waals surface area contributed by atoms with Crippen LogP contribution in [0.3, 0.4) is 0 Å². The number of fused-ring (bicyclic) bond motifs is 1. The minimum atomic E-state index is 0.583. The van der Waals surface area contributed by atoms with Crippen molar-refractivity contribution in [1.29, 1.82) is 0 Å². The maximum atomic E-state index is 4.64. The van der Waals surface area contributed by atoms with Gasteiger partial charge >= 0.3 is 0 Å². The topological polar surface area (TPSA) is 134 Å². The van der Waals surface area contributed by atoms with Crippen LogP contribution in [0, 0.1) is 6.92 Å². The maximum absolute atomic E-state index is 4.64. The molecule has 11 nitrogen and oxygen atoms in total. The van der Waals surface area contributed by atoms with Gasteiger partial charge in [0.05, 0.1) is 11.9 Å². The van der Waals surface area contributed by atoms with Gasteiger partial charge in [-0.1, -0.05) is 0 Å². The number of nitrogens with one attached hydrogen (secondary N) is 3. The van der Waals surface area contributed by atoms with Crippen LogP contribution in [0.25, 0.3) is 17.0 Å². The van der Waals surface area contributed by atoms with Gasteiger partial charge in [0, 0.05) is 36.9 Å². The predicted octanol–water partition coefficient (Wildman–Crippen LogP) is 2.50. The van der Waals surface area contributed by atoms with E-state index in [4.69, 9.17) is 0 Å². The number of aromatic amines is 1. The van der Waals surface area contributed by atoms with Crippen LogP contribution < -0.4 is 10.6 Å². The molecule has 0 saturated heterocycles. The maximum Gasteiger partial charge on any atom is 0.162 e. The van der Waals surface area contributed by atoms with Gasteiger partial charge in [0.1, 0.15) is 23.2 Å². The second kappa shape index (κ2) is 6.96. The van der Waals surface area contributed by atoms with Gasteiger partial charge in [-0.05, 0) is 19.1 Å². The van der Waals surface area contributed by atoms with Crippen LogP contribution >= 0.6 is 0 Å². The van der Waals surface area contributed by atoms with E-state index in [1.165, 1.54) is 0 Å². The number of hydrogen-bond donors (Lipinski definition) is 3. The lowest BCUT2D eigenvalue weighted by Crippen LogP contribution is -2.03. The molecule has 0 aliphatic heterocycles. The van der Waals surface area contributed by atoms with Crippen LogP contribution in [0.2, 0.25) is 0 Å². The van der Waals surface area contributed by atoms with Gasteiger partial charge in [0.2, 0.25) is 0 Å². The Morgan fingerprint density at radius 1 is 0.966 bits per heavy atom. The molecule has 0 aliphatic carbocycles. The second-order valence-corrected chi connectivity index (χ2v) is 6.09.